The smallest absolute Gasteiger partial charge is 0.326 e. The van der Waals surface area contributed by atoms with Crippen molar-refractivity contribution < 1.29 is 19.4 Å². The number of aliphatic carboxylic acids is 1. The lowest BCUT2D eigenvalue weighted by Crippen LogP contribution is -2.42. The Morgan fingerprint density at radius 2 is 2.00 bits per heavy atom. The first kappa shape index (κ1) is 16.8. The Bertz CT molecular complexity index is 505. The molecule has 5 nitrogen and oxygen atoms in total. The van der Waals surface area contributed by atoms with Crippen LogP contribution in [-0.4, -0.2) is 29.6 Å². The zero-order valence-corrected chi connectivity index (χ0v) is 12.4. The summed E-state index contributed by atoms with van der Waals surface area (Å²) in [7, 11) is 0. The van der Waals surface area contributed by atoms with Crippen molar-refractivity contribution in [2.45, 2.75) is 32.7 Å². The monoisotopic (exact) mass is 291 g/mol. The van der Waals surface area contributed by atoms with Gasteiger partial charge in [0.15, 0.2) is 6.61 Å². The molecule has 0 aromatic heterocycles. The molecule has 0 radical (unpaired) electrons. The Labute approximate surface area is 124 Å². The van der Waals surface area contributed by atoms with Gasteiger partial charge in [0.05, 0.1) is 0 Å². The fourth-order valence-electron chi connectivity index (χ4n) is 1.94. The molecule has 114 valence electrons. The number of carboxylic acid groups (broad SMARTS) is 1. The third-order valence-corrected chi connectivity index (χ3v) is 3.05. The van der Waals surface area contributed by atoms with Crippen LogP contribution >= 0.6 is 0 Å². The van der Waals surface area contributed by atoms with Crippen molar-refractivity contribution in [1.82, 2.24) is 5.32 Å². The van der Waals surface area contributed by atoms with Crippen LogP contribution in [0.5, 0.6) is 5.75 Å². The second-order valence-electron chi connectivity index (χ2n) is 4.83. The molecule has 21 heavy (non-hydrogen) atoms. The van der Waals surface area contributed by atoms with Gasteiger partial charge in [-0.15, -0.1) is 6.58 Å². The summed E-state index contributed by atoms with van der Waals surface area (Å²) in [6, 6.07) is 4.78. The molecule has 0 aliphatic rings. The van der Waals surface area contributed by atoms with Crippen LogP contribution in [-0.2, 0) is 9.59 Å². The van der Waals surface area contributed by atoms with Gasteiger partial charge in [-0.3, -0.25) is 4.79 Å². The zero-order valence-electron chi connectivity index (χ0n) is 12.4. The molecule has 0 bridgehead atoms. The van der Waals surface area contributed by atoms with Crippen molar-refractivity contribution in [1.29, 1.82) is 0 Å². The van der Waals surface area contributed by atoms with E-state index in [1.165, 1.54) is 0 Å². The lowest BCUT2D eigenvalue weighted by Gasteiger charge is -2.15. The predicted molar refractivity (Wildman–Crippen MR) is 80.4 cm³/mol. The number of ether oxygens (including phenoxy) is 1. The average Bonchev–Trinajstić information content (AvgIpc) is 2.42. The van der Waals surface area contributed by atoms with Crippen LogP contribution in [0.4, 0.5) is 0 Å². The number of benzene rings is 1. The number of carboxylic acids is 1. The molecule has 0 aliphatic carbocycles. The minimum Gasteiger partial charge on any atom is -0.483 e. The molecule has 0 saturated carbocycles. The normalized spacial score (nSPS) is 11.5. The molecule has 0 spiro atoms. The molecule has 1 amide bonds. The predicted octanol–water partition coefficient (Wildman–Crippen LogP) is 2.22. The molecular formula is C16H21NO4. The fourth-order valence-corrected chi connectivity index (χ4v) is 1.94. The number of hydrogen-bond donors (Lipinski definition) is 2. The van der Waals surface area contributed by atoms with E-state index in [0.29, 0.717) is 18.6 Å². The highest BCUT2D eigenvalue weighted by Crippen LogP contribution is 2.21. The van der Waals surface area contributed by atoms with Crippen molar-refractivity contribution in [2.24, 2.45) is 0 Å². The lowest BCUT2D eigenvalue weighted by atomic mass is 10.1. The van der Waals surface area contributed by atoms with Gasteiger partial charge < -0.3 is 15.2 Å². The number of carbonyl (C=O) groups is 2. The van der Waals surface area contributed by atoms with Crippen LogP contribution < -0.4 is 10.1 Å². The van der Waals surface area contributed by atoms with Crippen LogP contribution in [0.2, 0.25) is 0 Å². The van der Waals surface area contributed by atoms with Crippen LogP contribution in [0.25, 0.3) is 0 Å². The molecular weight excluding hydrogens is 270 g/mol. The van der Waals surface area contributed by atoms with Gasteiger partial charge in [-0.2, -0.15) is 0 Å². The highest BCUT2D eigenvalue weighted by atomic mass is 16.5. The summed E-state index contributed by atoms with van der Waals surface area (Å²) >= 11 is 0. The maximum Gasteiger partial charge on any atom is 0.326 e. The summed E-state index contributed by atoms with van der Waals surface area (Å²) in [4.78, 5) is 22.8. The van der Waals surface area contributed by atoms with Crippen molar-refractivity contribution in [3.05, 3.63) is 42.0 Å². The Balaban J connectivity index is 2.56. The Kier molecular flexibility index (Phi) is 6.46. The van der Waals surface area contributed by atoms with E-state index in [-0.39, 0.29) is 6.61 Å². The minimum absolute atomic E-state index is 0.205. The number of para-hydroxylation sites is 1. The number of aryl methyl sites for hydroxylation is 2. The van der Waals surface area contributed by atoms with Gasteiger partial charge in [0, 0.05) is 0 Å². The van der Waals surface area contributed by atoms with E-state index in [0.717, 1.165) is 11.1 Å². The summed E-state index contributed by atoms with van der Waals surface area (Å²) in [5.74, 6) is -0.850. The van der Waals surface area contributed by atoms with E-state index in [1.54, 1.807) is 6.08 Å². The number of carbonyl (C=O) groups excluding carboxylic acids is 1. The van der Waals surface area contributed by atoms with E-state index in [9.17, 15) is 9.59 Å². The lowest BCUT2D eigenvalue weighted by molar-refractivity contribution is -0.142. The standard InChI is InChI=1S/C16H21NO4/c1-4-5-9-13(16(19)20)17-14(18)10-21-15-11(2)7-6-8-12(15)3/h4,6-8,13H,1,5,9-10H2,2-3H3,(H,17,18)(H,19,20). The number of amides is 1. The molecule has 0 saturated heterocycles. The summed E-state index contributed by atoms with van der Waals surface area (Å²) in [5.41, 5.74) is 1.87. The SMILES string of the molecule is C=CCCC(NC(=O)COc1c(C)cccc1C)C(=O)O. The topological polar surface area (TPSA) is 75.6 Å². The number of nitrogens with one attached hydrogen (secondary N) is 1. The summed E-state index contributed by atoms with van der Waals surface area (Å²) in [6.07, 6.45) is 2.46. The first-order valence-electron chi connectivity index (χ1n) is 6.77. The Morgan fingerprint density at radius 3 is 2.52 bits per heavy atom. The first-order chi connectivity index (χ1) is 9.95. The van der Waals surface area contributed by atoms with Gasteiger partial charge in [0.25, 0.3) is 5.91 Å². The molecule has 5 heteroatoms. The van der Waals surface area contributed by atoms with E-state index in [1.807, 2.05) is 32.0 Å². The van der Waals surface area contributed by atoms with E-state index in [2.05, 4.69) is 11.9 Å². The highest BCUT2D eigenvalue weighted by molar-refractivity contribution is 5.84. The average molecular weight is 291 g/mol. The molecule has 1 rings (SSSR count). The third-order valence-electron chi connectivity index (χ3n) is 3.05. The van der Waals surface area contributed by atoms with Crippen molar-refractivity contribution >= 4 is 11.9 Å². The van der Waals surface area contributed by atoms with Crippen molar-refractivity contribution in [3.63, 3.8) is 0 Å². The summed E-state index contributed by atoms with van der Waals surface area (Å²) in [5, 5.41) is 11.5. The van der Waals surface area contributed by atoms with Gasteiger partial charge >= 0.3 is 5.97 Å². The quantitative estimate of drug-likeness (QED) is 0.720. The maximum absolute atomic E-state index is 11.8. The van der Waals surface area contributed by atoms with Gasteiger partial charge in [0.2, 0.25) is 0 Å². The molecule has 1 unspecified atom stereocenters. The summed E-state index contributed by atoms with van der Waals surface area (Å²) < 4.78 is 5.49. The number of allylic oxidation sites excluding steroid dienone is 1. The molecule has 0 heterocycles. The second kappa shape index (κ2) is 8.09. The van der Waals surface area contributed by atoms with Gasteiger partial charge in [-0.25, -0.2) is 4.79 Å². The second-order valence-corrected chi connectivity index (χ2v) is 4.83. The van der Waals surface area contributed by atoms with Crippen LogP contribution in [0, 0.1) is 13.8 Å². The van der Waals surface area contributed by atoms with E-state index in [4.69, 9.17) is 9.84 Å². The largest absolute Gasteiger partial charge is 0.483 e. The van der Waals surface area contributed by atoms with Gasteiger partial charge in [-0.1, -0.05) is 24.3 Å². The molecule has 1 aromatic carbocycles. The van der Waals surface area contributed by atoms with Crippen LogP contribution in [0.3, 0.4) is 0 Å². The zero-order chi connectivity index (χ0) is 15.8. The number of rotatable bonds is 8. The molecule has 0 aliphatic heterocycles. The first-order valence-corrected chi connectivity index (χ1v) is 6.77. The molecule has 2 N–H and O–H groups in total. The van der Waals surface area contributed by atoms with Crippen LogP contribution in [0.15, 0.2) is 30.9 Å². The van der Waals surface area contributed by atoms with Crippen molar-refractivity contribution in [2.75, 3.05) is 6.61 Å². The minimum atomic E-state index is -1.06. The number of hydrogen-bond acceptors (Lipinski definition) is 3. The van der Waals surface area contributed by atoms with E-state index >= 15 is 0 Å². The van der Waals surface area contributed by atoms with Crippen molar-refractivity contribution in [3.8, 4) is 5.75 Å². The molecule has 0 fully saturated rings. The van der Waals surface area contributed by atoms with Crippen LogP contribution in [0.1, 0.15) is 24.0 Å². The van der Waals surface area contributed by atoms with Gasteiger partial charge in [-0.05, 0) is 37.8 Å². The van der Waals surface area contributed by atoms with Gasteiger partial charge in [0.1, 0.15) is 11.8 Å². The third kappa shape index (κ3) is 5.30. The summed E-state index contributed by atoms with van der Waals surface area (Å²) in [6.45, 7) is 7.12. The Hall–Kier alpha value is -2.30. The fraction of sp³-hybridized carbons (Fsp3) is 0.375. The highest BCUT2D eigenvalue weighted by Gasteiger charge is 2.19. The van der Waals surface area contributed by atoms with E-state index < -0.39 is 17.9 Å². The molecule has 1 atom stereocenters. The Morgan fingerprint density at radius 1 is 1.38 bits per heavy atom. The maximum atomic E-state index is 11.8. The molecule has 1 aromatic rings.